The van der Waals surface area contributed by atoms with Crippen molar-refractivity contribution in [3.05, 3.63) is 48.5 Å². The van der Waals surface area contributed by atoms with Crippen LogP contribution in [0.3, 0.4) is 0 Å². The fourth-order valence-electron chi connectivity index (χ4n) is 3.84. The Bertz CT molecular complexity index is 1240. The van der Waals surface area contributed by atoms with Crippen LogP contribution in [0.25, 0.3) is 11.0 Å². The van der Waals surface area contributed by atoms with Crippen LogP contribution in [0.4, 0.5) is 5.69 Å². The van der Waals surface area contributed by atoms with Crippen molar-refractivity contribution in [1.29, 1.82) is 0 Å². The minimum atomic E-state index is -3.61. The molecule has 1 amide bonds. The first-order chi connectivity index (χ1) is 15.8. The molecule has 8 nitrogen and oxygen atoms in total. The fraction of sp³-hybridized carbons (Fsp3) is 0.391. The number of para-hydroxylation sites is 1. The summed E-state index contributed by atoms with van der Waals surface area (Å²) < 4.78 is 34.8. The Balaban J connectivity index is 1.60. The Kier molecular flexibility index (Phi) is 7.08. The van der Waals surface area contributed by atoms with E-state index in [1.165, 1.54) is 16.1 Å². The van der Waals surface area contributed by atoms with E-state index in [0.29, 0.717) is 43.5 Å². The summed E-state index contributed by atoms with van der Waals surface area (Å²) in [7, 11) is -1.84. The summed E-state index contributed by atoms with van der Waals surface area (Å²) in [6.45, 7) is 6.01. The minimum absolute atomic E-state index is 0.0310. The third-order valence-electron chi connectivity index (χ3n) is 5.71. The van der Waals surface area contributed by atoms with Crippen LogP contribution >= 0.6 is 11.8 Å². The highest BCUT2D eigenvalue weighted by atomic mass is 32.2. The van der Waals surface area contributed by atoms with Gasteiger partial charge in [-0.2, -0.15) is 4.31 Å². The molecule has 1 fully saturated rings. The normalized spacial score (nSPS) is 16.1. The number of imidazole rings is 1. The van der Waals surface area contributed by atoms with E-state index in [2.05, 4.69) is 0 Å². The lowest BCUT2D eigenvalue weighted by atomic mass is 10.3. The highest BCUT2D eigenvalue weighted by Crippen LogP contribution is 2.30. The highest BCUT2D eigenvalue weighted by Gasteiger charge is 2.28. The van der Waals surface area contributed by atoms with E-state index in [-0.39, 0.29) is 16.1 Å². The molecular weight excluding hydrogens is 460 g/mol. The molecule has 0 N–H and O–H groups in total. The smallest absolute Gasteiger partial charge is 0.243 e. The van der Waals surface area contributed by atoms with Gasteiger partial charge >= 0.3 is 0 Å². The third-order valence-corrected chi connectivity index (χ3v) is 8.69. The van der Waals surface area contributed by atoms with Crippen LogP contribution in [0.1, 0.15) is 13.8 Å². The number of fused-ring (bicyclic) bond motifs is 1. The first kappa shape index (κ1) is 23.7. The second-order valence-electron chi connectivity index (χ2n) is 7.80. The molecule has 2 heterocycles. The second kappa shape index (κ2) is 9.84. The van der Waals surface area contributed by atoms with E-state index in [0.717, 1.165) is 11.2 Å². The van der Waals surface area contributed by atoms with Crippen LogP contribution in [0.5, 0.6) is 0 Å². The average molecular weight is 489 g/mol. The van der Waals surface area contributed by atoms with Gasteiger partial charge in [-0.3, -0.25) is 4.79 Å². The fourth-order valence-corrected chi connectivity index (χ4v) is 6.35. The van der Waals surface area contributed by atoms with Crippen LogP contribution in [0.15, 0.2) is 58.6 Å². The molecule has 1 atom stereocenters. The number of hydrogen-bond acceptors (Lipinski definition) is 6. The van der Waals surface area contributed by atoms with E-state index in [4.69, 9.17) is 9.72 Å². The number of aromatic nitrogens is 2. The molecule has 33 heavy (non-hydrogen) atoms. The van der Waals surface area contributed by atoms with Gasteiger partial charge in [-0.25, -0.2) is 13.4 Å². The molecule has 10 heteroatoms. The van der Waals surface area contributed by atoms with Gasteiger partial charge in [0.25, 0.3) is 0 Å². The van der Waals surface area contributed by atoms with Gasteiger partial charge in [0.15, 0.2) is 5.16 Å². The van der Waals surface area contributed by atoms with E-state index in [1.54, 1.807) is 30.1 Å². The van der Waals surface area contributed by atoms with Crippen molar-refractivity contribution < 1.29 is 17.9 Å². The number of amides is 1. The van der Waals surface area contributed by atoms with E-state index in [1.807, 2.05) is 48.7 Å². The second-order valence-corrected chi connectivity index (χ2v) is 11.0. The minimum Gasteiger partial charge on any atom is -0.379 e. The van der Waals surface area contributed by atoms with Crippen molar-refractivity contribution in [3.8, 4) is 0 Å². The zero-order chi connectivity index (χ0) is 23.6. The molecule has 0 spiro atoms. The van der Waals surface area contributed by atoms with Gasteiger partial charge < -0.3 is 14.2 Å². The number of carbonyl (C=O) groups excluding carboxylic acids is 1. The Morgan fingerprint density at radius 1 is 1.18 bits per heavy atom. The van der Waals surface area contributed by atoms with Crippen LogP contribution in [-0.2, 0) is 26.1 Å². The molecule has 0 aliphatic carbocycles. The third kappa shape index (κ3) is 4.79. The van der Waals surface area contributed by atoms with Crippen molar-refractivity contribution in [3.63, 3.8) is 0 Å². The molecule has 4 rings (SSSR count). The summed E-state index contributed by atoms with van der Waals surface area (Å²) in [4.78, 5) is 19.6. The average Bonchev–Trinajstić information content (AvgIpc) is 3.20. The molecule has 1 aromatic heterocycles. The van der Waals surface area contributed by atoms with Crippen molar-refractivity contribution >= 4 is 44.4 Å². The Hall–Kier alpha value is -2.40. The topological polar surface area (TPSA) is 84.7 Å². The SMILES string of the molecule is CCn1c(S[C@@H](C)C(=O)N(C)c2ccccc2)nc2cc(S(=O)(=O)N3CCOCC3)ccc21. The van der Waals surface area contributed by atoms with Gasteiger partial charge in [-0.05, 0) is 44.2 Å². The number of hydrogen-bond donors (Lipinski definition) is 0. The molecule has 0 bridgehead atoms. The van der Waals surface area contributed by atoms with Crippen molar-refractivity contribution in [2.24, 2.45) is 0 Å². The summed E-state index contributed by atoms with van der Waals surface area (Å²) >= 11 is 1.38. The number of rotatable bonds is 7. The van der Waals surface area contributed by atoms with Gasteiger partial charge in [0.2, 0.25) is 15.9 Å². The number of aryl methyl sites for hydroxylation is 1. The Morgan fingerprint density at radius 3 is 2.55 bits per heavy atom. The van der Waals surface area contributed by atoms with Gasteiger partial charge in [-0.1, -0.05) is 30.0 Å². The zero-order valence-corrected chi connectivity index (χ0v) is 20.6. The maximum Gasteiger partial charge on any atom is 0.243 e. The van der Waals surface area contributed by atoms with Crippen LogP contribution in [-0.4, -0.2) is 66.8 Å². The molecule has 0 saturated carbocycles. The van der Waals surface area contributed by atoms with Crippen LogP contribution in [0.2, 0.25) is 0 Å². The summed E-state index contributed by atoms with van der Waals surface area (Å²) in [6, 6.07) is 14.6. The Morgan fingerprint density at radius 2 is 1.88 bits per heavy atom. The lowest BCUT2D eigenvalue weighted by Crippen LogP contribution is -2.40. The number of nitrogens with zero attached hydrogens (tertiary/aromatic N) is 4. The highest BCUT2D eigenvalue weighted by molar-refractivity contribution is 8.00. The summed E-state index contributed by atoms with van der Waals surface area (Å²) in [5.74, 6) is -0.0310. The summed E-state index contributed by atoms with van der Waals surface area (Å²) in [5, 5.41) is 0.324. The lowest BCUT2D eigenvalue weighted by molar-refractivity contribution is -0.117. The van der Waals surface area contributed by atoms with E-state index >= 15 is 0 Å². The number of anilines is 1. The number of carbonyl (C=O) groups is 1. The summed E-state index contributed by atoms with van der Waals surface area (Å²) in [5.41, 5.74) is 2.28. The monoisotopic (exact) mass is 488 g/mol. The number of benzene rings is 2. The van der Waals surface area contributed by atoms with Crippen molar-refractivity contribution in [2.75, 3.05) is 38.3 Å². The molecule has 0 radical (unpaired) electrons. The summed E-state index contributed by atoms with van der Waals surface area (Å²) in [6.07, 6.45) is 0. The van der Waals surface area contributed by atoms with Crippen LogP contribution in [0, 0.1) is 0 Å². The number of sulfonamides is 1. The van der Waals surface area contributed by atoms with Crippen molar-refractivity contribution in [1.82, 2.24) is 13.9 Å². The number of thioether (sulfide) groups is 1. The number of morpholine rings is 1. The van der Waals surface area contributed by atoms with Crippen LogP contribution < -0.4 is 4.90 Å². The van der Waals surface area contributed by atoms with Crippen molar-refractivity contribution in [2.45, 2.75) is 35.7 Å². The van der Waals surface area contributed by atoms with Gasteiger partial charge in [0.05, 0.1) is 34.4 Å². The molecular formula is C23H28N4O4S2. The lowest BCUT2D eigenvalue weighted by Gasteiger charge is -2.26. The maximum absolute atomic E-state index is 13.0. The van der Waals surface area contributed by atoms with E-state index < -0.39 is 10.0 Å². The molecule has 0 unspecified atom stereocenters. The first-order valence-corrected chi connectivity index (χ1v) is 13.2. The molecule has 2 aromatic carbocycles. The Labute approximate surface area is 198 Å². The van der Waals surface area contributed by atoms with Gasteiger partial charge in [0, 0.05) is 32.4 Å². The quantitative estimate of drug-likeness (QED) is 0.475. The molecule has 1 aliphatic heterocycles. The maximum atomic E-state index is 13.0. The molecule has 1 aliphatic rings. The largest absolute Gasteiger partial charge is 0.379 e. The predicted octanol–water partition coefficient (Wildman–Crippen LogP) is 3.22. The number of ether oxygens (including phenoxy) is 1. The van der Waals surface area contributed by atoms with Gasteiger partial charge in [0.1, 0.15) is 0 Å². The molecule has 176 valence electrons. The van der Waals surface area contributed by atoms with E-state index in [9.17, 15) is 13.2 Å². The predicted molar refractivity (Wildman–Crippen MR) is 130 cm³/mol. The molecule has 3 aromatic rings. The standard InChI is InChI=1S/C23H28N4O4S2/c1-4-27-21-11-10-19(33(29,30)26-12-14-31-15-13-26)16-20(21)24-23(27)32-17(2)22(28)25(3)18-8-6-5-7-9-18/h5-11,16-17H,4,12-15H2,1-3H3/t17-/m0/s1. The first-order valence-electron chi connectivity index (χ1n) is 10.9. The molecule has 1 saturated heterocycles. The zero-order valence-electron chi connectivity index (χ0n) is 19.0. The van der Waals surface area contributed by atoms with Gasteiger partial charge in [-0.15, -0.1) is 0 Å².